The SMILES string of the molecule is COc1cc(OC)cc(C(C)=CCCNC2CC2)c1. The van der Waals surface area contributed by atoms with Gasteiger partial charge in [0.1, 0.15) is 11.5 Å². The largest absolute Gasteiger partial charge is 0.497 e. The highest BCUT2D eigenvalue weighted by Crippen LogP contribution is 2.27. The minimum Gasteiger partial charge on any atom is -0.497 e. The summed E-state index contributed by atoms with van der Waals surface area (Å²) < 4.78 is 10.6. The Bertz CT molecular complexity index is 428. The van der Waals surface area contributed by atoms with Crippen LogP contribution < -0.4 is 14.8 Å². The van der Waals surface area contributed by atoms with Crippen molar-refractivity contribution in [2.75, 3.05) is 20.8 Å². The van der Waals surface area contributed by atoms with E-state index in [1.54, 1.807) is 14.2 Å². The molecular weight excluding hydrogens is 238 g/mol. The molecule has 0 aliphatic heterocycles. The zero-order valence-corrected chi connectivity index (χ0v) is 12.0. The number of rotatable bonds is 7. The monoisotopic (exact) mass is 261 g/mol. The summed E-state index contributed by atoms with van der Waals surface area (Å²) in [6, 6.07) is 6.77. The lowest BCUT2D eigenvalue weighted by molar-refractivity contribution is 0.394. The Morgan fingerprint density at radius 1 is 1.21 bits per heavy atom. The highest BCUT2D eigenvalue weighted by Gasteiger charge is 2.19. The third-order valence-corrected chi connectivity index (χ3v) is 3.41. The van der Waals surface area contributed by atoms with Gasteiger partial charge >= 0.3 is 0 Å². The maximum atomic E-state index is 5.29. The van der Waals surface area contributed by atoms with Crippen molar-refractivity contribution in [1.29, 1.82) is 0 Å². The van der Waals surface area contributed by atoms with Crippen molar-refractivity contribution in [1.82, 2.24) is 5.32 Å². The first-order valence-corrected chi connectivity index (χ1v) is 6.86. The van der Waals surface area contributed by atoms with Crippen molar-refractivity contribution in [2.24, 2.45) is 0 Å². The van der Waals surface area contributed by atoms with Crippen LogP contribution >= 0.6 is 0 Å². The fourth-order valence-corrected chi connectivity index (χ4v) is 2.02. The second-order valence-corrected chi connectivity index (χ2v) is 5.01. The van der Waals surface area contributed by atoms with Gasteiger partial charge < -0.3 is 14.8 Å². The lowest BCUT2D eigenvalue weighted by Crippen LogP contribution is -2.16. The van der Waals surface area contributed by atoms with Crippen LogP contribution in [0.2, 0.25) is 0 Å². The van der Waals surface area contributed by atoms with Crippen LogP contribution in [0.3, 0.4) is 0 Å². The van der Waals surface area contributed by atoms with Gasteiger partial charge in [0, 0.05) is 12.1 Å². The van der Waals surface area contributed by atoms with Gasteiger partial charge in [0.05, 0.1) is 14.2 Å². The van der Waals surface area contributed by atoms with E-state index in [-0.39, 0.29) is 0 Å². The molecule has 0 amide bonds. The molecule has 0 aromatic heterocycles. The van der Waals surface area contributed by atoms with Gasteiger partial charge in [0.25, 0.3) is 0 Å². The van der Waals surface area contributed by atoms with Gasteiger partial charge in [-0.2, -0.15) is 0 Å². The molecule has 1 saturated carbocycles. The summed E-state index contributed by atoms with van der Waals surface area (Å²) in [6.07, 6.45) is 6.01. The number of benzene rings is 1. The van der Waals surface area contributed by atoms with Crippen LogP contribution in [0.4, 0.5) is 0 Å². The van der Waals surface area contributed by atoms with Crippen LogP contribution in [0.1, 0.15) is 31.7 Å². The second kappa shape index (κ2) is 6.62. The van der Waals surface area contributed by atoms with E-state index >= 15 is 0 Å². The Hall–Kier alpha value is -1.48. The lowest BCUT2D eigenvalue weighted by Gasteiger charge is -2.09. The van der Waals surface area contributed by atoms with Gasteiger partial charge in [-0.1, -0.05) is 6.08 Å². The summed E-state index contributed by atoms with van der Waals surface area (Å²) in [5.41, 5.74) is 2.41. The fourth-order valence-electron chi connectivity index (χ4n) is 2.02. The summed E-state index contributed by atoms with van der Waals surface area (Å²) in [6.45, 7) is 3.19. The maximum absolute atomic E-state index is 5.29. The third-order valence-electron chi connectivity index (χ3n) is 3.41. The average Bonchev–Trinajstić information content (AvgIpc) is 3.26. The van der Waals surface area contributed by atoms with Crippen LogP contribution in [-0.4, -0.2) is 26.8 Å². The molecule has 3 heteroatoms. The van der Waals surface area contributed by atoms with Crippen LogP contribution in [0.25, 0.3) is 5.57 Å². The van der Waals surface area contributed by atoms with E-state index in [4.69, 9.17) is 9.47 Å². The summed E-state index contributed by atoms with van der Waals surface area (Å²) in [5.74, 6) is 1.66. The Morgan fingerprint density at radius 2 is 1.84 bits per heavy atom. The molecule has 0 unspecified atom stereocenters. The van der Waals surface area contributed by atoms with Crippen molar-refractivity contribution in [2.45, 2.75) is 32.2 Å². The fraction of sp³-hybridized carbons (Fsp3) is 0.500. The Labute approximate surface area is 115 Å². The molecule has 0 atom stereocenters. The van der Waals surface area contributed by atoms with Gasteiger partial charge in [-0.3, -0.25) is 0 Å². The Balaban J connectivity index is 1.99. The molecule has 0 heterocycles. The lowest BCUT2D eigenvalue weighted by atomic mass is 10.1. The van der Waals surface area contributed by atoms with Crippen LogP contribution in [-0.2, 0) is 0 Å². The molecule has 0 saturated heterocycles. The molecule has 0 radical (unpaired) electrons. The van der Waals surface area contributed by atoms with E-state index in [0.717, 1.165) is 36.1 Å². The van der Waals surface area contributed by atoms with Crippen LogP contribution in [0.15, 0.2) is 24.3 Å². The standard InChI is InChI=1S/C16H23NO2/c1-12(5-4-8-17-14-6-7-14)13-9-15(18-2)11-16(10-13)19-3/h5,9-11,14,17H,4,6-8H2,1-3H3. The van der Waals surface area contributed by atoms with Crippen molar-refractivity contribution in [3.8, 4) is 11.5 Å². The number of hydrogen-bond donors (Lipinski definition) is 1. The predicted molar refractivity (Wildman–Crippen MR) is 78.8 cm³/mol. The van der Waals surface area contributed by atoms with Gasteiger partial charge in [-0.15, -0.1) is 0 Å². The first kappa shape index (κ1) is 13.9. The quantitative estimate of drug-likeness (QED) is 0.764. The van der Waals surface area contributed by atoms with Gasteiger partial charge in [-0.25, -0.2) is 0 Å². The van der Waals surface area contributed by atoms with Gasteiger partial charge in [0.2, 0.25) is 0 Å². The van der Waals surface area contributed by atoms with Crippen LogP contribution in [0, 0.1) is 0 Å². The van der Waals surface area contributed by atoms with E-state index in [2.05, 4.69) is 18.3 Å². The first-order valence-electron chi connectivity index (χ1n) is 6.86. The van der Waals surface area contributed by atoms with E-state index in [1.807, 2.05) is 18.2 Å². The zero-order chi connectivity index (χ0) is 13.7. The first-order chi connectivity index (χ1) is 9.22. The molecule has 1 N–H and O–H groups in total. The molecule has 0 bridgehead atoms. The van der Waals surface area contributed by atoms with E-state index in [0.29, 0.717) is 0 Å². The minimum absolute atomic E-state index is 0.783. The van der Waals surface area contributed by atoms with Crippen molar-refractivity contribution in [3.63, 3.8) is 0 Å². The Kier molecular flexibility index (Phi) is 4.86. The number of allylic oxidation sites excluding steroid dienone is 1. The molecule has 19 heavy (non-hydrogen) atoms. The average molecular weight is 261 g/mol. The molecular formula is C16H23NO2. The molecule has 0 spiro atoms. The van der Waals surface area contributed by atoms with Crippen molar-refractivity contribution >= 4 is 5.57 Å². The van der Waals surface area contributed by atoms with Crippen molar-refractivity contribution < 1.29 is 9.47 Å². The molecule has 1 aliphatic carbocycles. The third kappa shape index (κ3) is 4.28. The summed E-state index contributed by atoms with van der Waals surface area (Å²) in [4.78, 5) is 0. The summed E-state index contributed by atoms with van der Waals surface area (Å²) in [7, 11) is 3.36. The molecule has 3 nitrogen and oxygen atoms in total. The topological polar surface area (TPSA) is 30.5 Å². The molecule has 1 aromatic rings. The van der Waals surface area contributed by atoms with E-state index in [1.165, 1.54) is 18.4 Å². The molecule has 1 fully saturated rings. The number of ether oxygens (including phenoxy) is 2. The highest BCUT2D eigenvalue weighted by molar-refractivity contribution is 5.66. The highest BCUT2D eigenvalue weighted by atomic mass is 16.5. The Morgan fingerprint density at radius 3 is 2.37 bits per heavy atom. The second-order valence-electron chi connectivity index (χ2n) is 5.01. The predicted octanol–water partition coefficient (Wildman–Crippen LogP) is 3.25. The smallest absolute Gasteiger partial charge is 0.123 e. The molecule has 104 valence electrons. The van der Waals surface area contributed by atoms with Gasteiger partial charge in [0.15, 0.2) is 0 Å². The molecule has 1 aromatic carbocycles. The summed E-state index contributed by atoms with van der Waals surface area (Å²) in [5, 5.41) is 3.51. The maximum Gasteiger partial charge on any atom is 0.123 e. The zero-order valence-electron chi connectivity index (χ0n) is 12.0. The molecule has 2 rings (SSSR count). The number of methoxy groups -OCH3 is 2. The molecule has 1 aliphatic rings. The van der Waals surface area contributed by atoms with E-state index in [9.17, 15) is 0 Å². The van der Waals surface area contributed by atoms with E-state index < -0.39 is 0 Å². The normalized spacial score (nSPS) is 15.4. The van der Waals surface area contributed by atoms with Crippen molar-refractivity contribution in [3.05, 3.63) is 29.8 Å². The number of nitrogens with one attached hydrogen (secondary N) is 1. The minimum atomic E-state index is 0.783. The number of hydrogen-bond acceptors (Lipinski definition) is 3. The summed E-state index contributed by atoms with van der Waals surface area (Å²) >= 11 is 0. The van der Waals surface area contributed by atoms with Gasteiger partial charge in [-0.05, 0) is 56.0 Å². The van der Waals surface area contributed by atoms with Crippen LogP contribution in [0.5, 0.6) is 11.5 Å².